The zero-order valence-corrected chi connectivity index (χ0v) is 20.6. The Bertz CT molecular complexity index is 1230. The number of rotatable bonds is 12. The summed E-state index contributed by atoms with van der Waals surface area (Å²) in [5.41, 5.74) is -0.361. The van der Waals surface area contributed by atoms with E-state index in [-0.39, 0.29) is 10.6 Å². The van der Waals surface area contributed by atoms with Gasteiger partial charge in [0.1, 0.15) is 23.0 Å². The number of hydrogen-bond donors (Lipinski definition) is 1. The molecular weight excluding hydrogens is 472 g/mol. The highest BCUT2D eigenvalue weighted by molar-refractivity contribution is 7.87. The van der Waals surface area contributed by atoms with Crippen LogP contribution in [0.15, 0.2) is 77.7 Å². The molecule has 35 heavy (non-hydrogen) atoms. The summed E-state index contributed by atoms with van der Waals surface area (Å²) in [7, 11) is -3.66. The Labute approximate surface area is 205 Å². The first-order valence-electron chi connectivity index (χ1n) is 11.0. The minimum atomic E-state index is -3.66. The van der Waals surface area contributed by atoms with Crippen molar-refractivity contribution >= 4 is 16.1 Å². The van der Waals surface area contributed by atoms with Crippen molar-refractivity contribution in [2.24, 2.45) is 0 Å². The number of benzene rings is 3. The third kappa shape index (κ3) is 7.65. The fraction of sp³-hybridized carbons (Fsp3) is 0.269. The molecule has 2 N–H and O–H groups in total. The van der Waals surface area contributed by atoms with Crippen LogP contribution in [0.2, 0.25) is 0 Å². The zero-order chi connectivity index (χ0) is 25.5. The van der Waals surface area contributed by atoms with Gasteiger partial charge >= 0.3 is 16.1 Å². The molecular formula is C26H29O8S+. The van der Waals surface area contributed by atoms with Gasteiger partial charge in [-0.1, -0.05) is 23.8 Å². The Morgan fingerprint density at radius 3 is 2.09 bits per heavy atom. The summed E-state index contributed by atoms with van der Waals surface area (Å²) in [6.07, 6.45) is 0.599. The van der Waals surface area contributed by atoms with Gasteiger partial charge in [0.05, 0.1) is 13.2 Å². The number of ether oxygens (including phenoxy) is 3. The molecule has 0 aromatic heterocycles. The summed E-state index contributed by atoms with van der Waals surface area (Å²) < 4.78 is 44.9. The van der Waals surface area contributed by atoms with Gasteiger partial charge < -0.3 is 23.5 Å². The van der Waals surface area contributed by atoms with E-state index in [9.17, 15) is 18.3 Å². The lowest BCUT2D eigenvalue weighted by Crippen LogP contribution is -2.37. The first kappa shape index (κ1) is 25.9. The van der Waals surface area contributed by atoms with Crippen molar-refractivity contribution in [1.29, 1.82) is 0 Å². The second-order valence-corrected chi connectivity index (χ2v) is 9.87. The second kappa shape index (κ2) is 11.1. The summed E-state index contributed by atoms with van der Waals surface area (Å²) in [5, 5.41) is 9.19. The fourth-order valence-electron chi connectivity index (χ4n) is 2.88. The van der Waals surface area contributed by atoms with E-state index in [0.29, 0.717) is 36.9 Å². The molecule has 186 valence electrons. The molecule has 3 aromatic rings. The van der Waals surface area contributed by atoms with Crippen molar-refractivity contribution in [2.45, 2.75) is 37.7 Å². The number of carboxylic acids is 1. The average Bonchev–Trinajstić information content (AvgIpc) is 2.80. The Balaban J connectivity index is 1.43. The van der Waals surface area contributed by atoms with Crippen LogP contribution < -0.4 is 18.4 Å². The third-order valence-corrected chi connectivity index (χ3v) is 6.16. The van der Waals surface area contributed by atoms with Crippen LogP contribution in [0, 0.1) is 6.92 Å². The Hall–Kier alpha value is -3.72. The van der Waals surface area contributed by atoms with E-state index < -0.39 is 21.7 Å². The molecule has 0 radical (unpaired) electrons. The van der Waals surface area contributed by atoms with Gasteiger partial charge in [-0.2, -0.15) is 4.21 Å². The first-order valence-corrected chi connectivity index (χ1v) is 12.4. The molecule has 0 aliphatic carbocycles. The Kier molecular flexibility index (Phi) is 8.24. The first-order chi connectivity index (χ1) is 16.5. The minimum absolute atomic E-state index is 0.200. The third-order valence-electron chi connectivity index (χ3n) is 4.87. The molecule has 1 atom stereocenters. The van der Waals surface area contributed by atoms with Crippen molar-refractivity contribution in [3.05, 3.63) is 78.4 Å². The smallest absolute Gasteiger partial charge is 0.485 e. The van der Waals surface area contributed by atoms with Crippen LogP contribution in [0.3, 0.4) is 0 Å². The molecule has 0 fully saturated rings. The summed E-state index contributed by atoms with van der Waals surface area (Å²) in [5.74, 6) is 0.746. The average molecular weight is 502 g/mol. The standard InChI is InChI=1S/C26H28O8S/c1-19-8-14-24(15-9-19)35(29,30)34-21-12-10-20(11-13-21)31-16-5-17-32-22-6-4-7-23(18-22)33-26(2,3)25(27)28/h4,6-15,18H,5,16-17H2,1-3H3,(H,27,28)/p+1. The molecule has 0 bridgehead atoms. The number of carboxylic acid groups (broad SMARTS) is 1. The van der Waals surface area contributed by atoms with Crippen LogP contribution in [-0.2, 0) is 14.9 Å². The van der Waals surface area contributed by atoms with Gasteiger partial charge in [-0.05, 0) is 69.3 Å². The SMILES string of the molecule is Cc1ccc(S(=O)(=[OH+])Oc2ccc(OCCCOc3cccc(OC(C)(C)C(=O)O)c3)cc2)cc1. The van der Waals surface area contributed by atoms with Gasteiger partial charge in [-0.15, -0.1) is 4.21 Å². The topological polar surface area (TPSA) is 113 Å². The Morgan fingerprint density at radius 1 is 0.886 bits per heavy atom. The Morgan fingerprint density at radius 2 is 1.46 bits per heavy atom. The monoisotopic (exact) mass is 501 g/mol. The molecule has 3 rings (SSSR count). The highest BCUT2D eigenvalue weighted by Gasteiger charge is 2.29. The summed E-state index contributed by atoms with van der Waals surface area (Å²) in [6.45, 7) is 5.63. The van der Waals surface area contributed by atoms with Gasteiger partial charge in [0.15, 0.2) is 10.5 Å². The predicted molar refractivity (Wildman–Crippen MR) is 131 cm³/mol. The van der Waals surface area contributed by atoms with Crippen molar-refractivity contribution in [3.8, 4) is 23.0 Å². The van der Waals surface area contributed by atoms with E-state index in [4.69, 9.17) is 18.4 Å². The van der Waals surface area contributed by atoms with Gasteiger partial charge in [0.2, 0.25) is 0 Å². The van der Waals surface area contributed by atoms with E-state index in [1.165, 1.54) is 13.8 Å². The molecule has 0 spiro atoms. The maximum absolute atomic E-state index is 12.5. The van der Waals surface area contributed by atoms with Crippen molar-refractivity contribution in [1.82, 2.24) is 0 Å². The van der Waals surface area contributed by atoms with Crippen molar-refractivity contribution < 1.29 is 36.7 Å². The fourth-order valence-corrected chi connectivity index (χ4v) is 3.83. The van der Waals surface area contributed by atoms with E-state index in [2.05, 4.69) is 0 Å². The number of hydrogen-bond acceptors (Lipinski definition) is 6. The molecule has 8 nitrogen and oxygen atoms in total. The van der Waals surface area contributed by atoms with E-state index >= 15 is 0 Å². The van der Waals surface area contributed by atoms with E-state index in [1.807, 2.05) is 6.92 Å². The lowest BCUT2D eigenvalue weighted by molar-refractivity contribution is -0.152. The van der Waals surface area contributed by atoms with Crippen LogP contribution in [0.25, 0.3) is 0 Å². The van der Waals surface area contributed by atoms with Crippen molar-refractivity contribution in [2.75, 3.05) is 13.2 Å². The molecule has 9 heteroatoms. The molecule has 1 unspecified atom stereocenters. The molecule has 3 aromatic carbocycles. The minimum Gasteiger partial charge on any atom is -0.493 e. The molecule has 0 aliphatic rings. The van der Waals surface area contributed by atoms with E-state index in [0.717, 1.165) is 5.56 Å². The normalized spacial score (nSPS) is 12.9. The molecule has 0 saturated carbocycles. The summed E-state index contributed by atoms with van der Waals surface area (Å²) >= 11 is 0. The second-order valence-electron chi connectivity index (χ2n) is 8.29. The number of aliphatic carboxylic acids is 1. The molecule has 0 amide bonds. The van der Waals surface area contributed by atoms with Crippen LogP contribution in [0.4, 0.5) is 0 Å². The van der Waals surface area contributed by atoms with Crippen LogP contribution in [-0.4, -0.2) is 38.3 Å². The highest BCUT2D eigenvalue weighted by atomic mass is 32.2. The predicted octanol–water partition coefficient (Wildman–Crippen LogP) is 5.01. The lowest BCUT2D eigenvalue weighted by atomic mass is 10.1. The van der Waals surface area contributed by atoms with Gasteiger partial charge in [-0.3, -0.25) is 0 Å². The number of carbonyl (C=O) groups is 1. The maximum Gasteiger partial charge on any atom is 0.485 e. The van der Waals surface area contributed by atoms with Crippen LogP contribution >= 0.6 is 0 Å². The largest absolute Gasteiger partial charge is 0.493 e. The maximum atomic E-state index is 12.5. The van der Waals surface area contributed by atoms with Crippen LogP contribution in [0.1, 0.15) is 25.8 Å². The van der Waals surface area contributed by atoms with E-state index in [1.54, 1.807) is 72.8 Å². The number of aryl methyl sites for hydroxylation is 1. The zero-order valence-electron chi connectivity index (χ0n) is 19.8. The van der Waals surface area contributed by atoms with Gasteiger partial charge in [0, 0.05) is 12.5 Å². The van der Waals surface area contributed by atoms with Gasteiger partial charge in [0.25, 0.3) is 0 Å². The quantitative estimate of drug-likeness (QED) is 0.211. The molecule has 0 heterocycles. The van der Waals surface area contributed by atoms with Gasteiger partial charge in [-0.25, -0.2) is 4.79 Å². The lowest BCUT2D eigenvalue weighted by Gasteiger charge is -2.21. The van der Waals surface area contributed by atoms with Crippen LogP contribution in [0.5, 0.6) is 23.0 Å². The molecule has 0 saturated heterocycles. The molecule has 0 aliphatic heterocycles. The summed E-state index contributed by atoms with van der Waals surface area (Å²) in [4.78, 5) is 11.4. The highest BCUT2D eigenvalue weighted by Crippen LogP contribution is 2.24. The van der Waals surface area contributed by atoms with Crippen molar-refractivity contribution in [3.63, 3.8) is 0 Å². The summed E-state index contributed by atoms with van der Waals surface area (Å²) in [6, 6.07) is 19.9.